The Balaban J connectivity index is 1.33. The van der Waals surface area contributed by atoms with Gasteiger partial charge in [-0.15, -0.1) is 0 Å². The van der Waals surface area contributed by atoms with E-state index in [1.165, 1.54) is 12.0 Å². The molecule has 0 saturated carbocycles. The van der Waals surface area contributed by atoms with E-state index in [1.54, 1.807) is 42.5 Å². The lowest BCUT2D eigenvalue weighted by molar-refractivity contribution is -0.139. The van der Waals surface area contributed by atoms with Gasteiger partial charge in [0.2, 0.25) is 11.8 Å². The van der Waals surface area contributed by atoms with Crippen molar-refractivity contribution in [3.05, 3.63) is 77.4 Å². The van der Waals surface area contributed by atoms with Crippen molar-refractivity contribution in [2.75, 3.05) is 44.0 Å². The number of ether oxygens (including phenoxy) is 3. The van der Waals surface area contributed by atoms with Crippen LogP contribution in [0.4, 0.5) is 16.2 Å². The second-order valence-corrected chi connectivity index (χ2v) is 9.82. The first-order valence-corrected chi connectivity index (χ1v) is 13.7. The van der Waals surface area contributed by atoms with Gasteiger partial charge in [-0.1, -0.05) is 30.3 Å². The van der Waals surface area contributed by atoms with Crippen molar-refractivity contribution in [1.82, 2.24) is 10.2 Å². The van der Waals surface area contributed by atoms with Crippen LogP contribution in [0.1, 0.15) is 23.1 Å². The van der Waals surface area contributed by atoms with Crippen LogP contribution in [-0.2, 0) is 27.3 Å². The summed E-state index contributed by atoms with van der Waals surface area (Å²) in [5, 5.41) is 17.3. The third kappa shape index (κ3) is 8.86. The van der Waals surface area contributed by atoms with Crippen LogP contribution in [-0.4, -0.2) is 67.2 Å². The maximum Gasteiger partial charge on any atom is 0.323 e. The molecule has 4 N–H and O–H groups in total. The predicted molar refractivity (Wildman–Crippen MR) is 159 cm³/mol. The predicted octanol–water partition coefficient (Wildman–Crippen LogP) is 3.58. The molecule has 1 heterocycles. The van der Waals surface area contributed by atoms with E-state index < -0.39 is 23.8 Å². The van der Waals surface area contributed by atoms with Gasteiger partial charge in [-0.05, 0) is 53.9 Å². The molecule has 0 aliphatic carbocycles. The zero-order chi connectivity index (χ0) is 30.8. The fourth-order valence-corrected chi connectivity index (χ4v) is 4.40. The van der Waals surface area contributed by atoms with Gasteiger partial charge in [0.1, 0.15) is 19.0 Å². The third-order valence-corrected chi connectivity index (χ3v) is 6.64. The highest BCUT2D eigenvalue weighted by Gasteiger charge is 2.19. The first-order chi connectivity index (χ1) is 20.7. The fourth-order valence-electron chi connectivity index (χ4n) is 4.40. The van der Waals surface area contributed by atoms with Crippen LogP contribution in [0.25, 0.3) is 0 Å². The number of nitrogens with zero attached hydrogens (tertiary/aromatic N) is 1. The number of para-hydroxylation sites is 1. The van der Waals surface area contributed by atoms with Gasteiger partial charge < -0.3 is 40.2 Å². The minimum Gasteiger partial charge on any atom is -0.495 e. The third-order valence-electron chi connectivity index (χ3n) is 6.64. The lowest BCUT2D eigenvalue weighted by Gasteiger charge is -2.24. The van der Waals surface area contributed by atoms with Gasteiger partial charge in [0, 0.05) is 18.8 Å². The van der Waals surface area contributed by atoms with Gasteiger partial charge in [0.15, 0.2) is 11.5 Å². The molecule has 0 aromatic heterocycles. The first kappa shape index (κ1) is 30.7. The van der Waals surface area contributed by atoms with Crippen LogP contribution in [0.15, 0.2) is 60.7 Å². The van der Waals surface area contributed by atoms with Crippen LogP contribution < -0.4 is 30.2 Å². The molecular formula is C31H34N4O8. The Labute approximate surface area is 248 Å². The SMILES string of the molecule is COc1cc(CC(=O)NCC(=O)N(CCC(=O)O)Cc2ccc3c(c2)OCCO3)ccc1NC(=O)Nc1ccccc1C. The Morgan fingerprint density at radius 2 is 1.63 bits per heavy atom. The van der Waals surface area contributed by atoms with E-state index in [9.17, 15) is 19.2 Å². The second-order valence-electron chi connectivity index (χ2n) is 9.82. The number of methoxy groups -OCH3 is 1. The average molecular weight is 591 g/mol. The summed E-state index contributed by atoms with van der Waals surface area (Å²) in [5.74, 6) is -0.348. The normalized spacial score (nSPS) is 11.7. The summed E-state index contributed by atoms with van der Waals surface area (Å²) in [4.78, 5) is 50.8. The van der Waals surface area contributed by atoms with Gasteiger partial charge in [-0.2, -0.15) is 0 Å². The molecule has 3 aromatic carbocycles. The molecule has 1 aliphatic heterocycles. The molecule has 4 rings (SSSR count). The molecule has 0 saturated heterocycles. The number of rotatable bonds is 12. The summed E-state index contributed by atoms with van der Waals surface area (Å²) < 4.78 is 16.5. The summed E-state index contributed by atoms with van der Waals surface area (Å²) in [5.41, 5.74) is 3.35. The molecular weight excluding hydrogens is 556 g/mol. The van der Waals surface area contributed by atoms with Crippen molar-refractivity contribution in [3.63, 3.8) is 0 Å². The van der Waals surface area contributed by atoms with Gasteiger partial charge in [0.25, 0.3) is 0 Å². The Hall–Kier alpha value is -5.26. The largest absolute Gasteiger partial charge is 0.495 e. The summed E-state index contributed by atoms with van der Waals surface area (Å²) in [6, 6.07) is 17.2. The van der Waals surface area contributed by atoms with Crippen molar-refractivity contribution >= 4 is 35.2 Å². The molecule has 0 bridgehead atoms. The summed E-state index contributed by atoms with van der Waals surface area (Å²) >= 11 is 0. The molecule has 226 valence electrons. The number of fused-ring (bicyclic) bond motifs is 1. The molecule has 0 spiro atoms. The number of benzene rings is 3. The number of carbonyl (C=O) groups excluding carboxylic acids is 3. The van der Waals surface area contributed by atoms with E-state index in [0.29, 0.717) is 47.4 Å². The topological polar surface area (TPSA) is 156 Å². The van der Waals surface area contributed by atoms with E-state index in [2.05, 4.69) is 16.0 Å². The number of nitrogens with one attached hydrogen (secondary N) is 3. The lowest BCUT2D eigenvalue weighted by Crippen LogP contribution is -2.41. The fraction of sp³-hybridized carbons (Fsp3) is 0.290. The molecule has 0 unspecified atom stereocenters. The second kappa shape index (κ2) is 14.6. The van der Waals surface area contributed by atoms with Crippen LogP contribution in [0.5, 0.6) is 17.2 Å². The molecule has 43 heavy (non-hydrogen) atoms. The van der Waals surface area contributed by atoms with E-state index in [0.717, 1.165) is 11.1 Å². The van der Waals surface area contributed by atoms with Gasteiger partial charge in [-0.25, -0.2) is 4.79 Å². The number of anilines is 2. The highest BCUT2D eigenvalue weighted by atomic mass is 16.6. The zero-order valence-corrected chi connectivity index (χ0v) is 24.0. The first-order valence-electron chi connectivity index (χ1n) is 13.7. The quantitative estimate of drug-likeness (QED) is 0.250. The summed E-state index contributed by atoms with van der Waals surface area (Å²) in [6.45, 7) is 2.56. The molecule has 0 fully saturated rings. The van der Waals surface area contributed by atoms with Gasteiger partial charge in [-0.3, -0.25) is 14.4 Å². The van der Waals surface area contributed by atoms with Crippen LogP contribution in [0.3, 0.4) is 0 Å². The van der Waals surface area contributed by atoms with Gasteiger partial charge in [0.05, 0.1) is 32.2 Å². The van der Waals surface area contributed by atoms with Crippen LogP contribution >= 0.6 is 0 Å². The highest BCUT2D eigenvalue weighted by Crippen LogP contribution is 2.31. The molecule has 0 atom stereocenters. The summed E-state index contributed by atoms with van der Waals surface area (Å²) in [6.07, 6.45) is -0.288. The number of hydrogen-bond donors (Lipinski definition) is 4. The molecule has 4 amide bonds. The Bertz CT molecular complexity index is 1490. The van der Waals surface area contributed by atoms with Crippen molar-refractivity contribution in [1.29, 1.82) is 0 Å². The van der Waals surface area contributed by atoms with E-state index in [1.807, 2.05) is 25.1 Å². The number of aliphatic carboxylic acids is 1. The Kier molecular flexibility index (Phi) is 10.4. The van der Waals surface area contributed by atoms with Crippen molar-refractivity contribution in [2.45, 2.75) is 26.3 Å². The van der Waals surface area contributed by atoms with Crippen molar-refractivity contribution in [3.8, 4) is 17.2 Å². The van der Waals surface area contributed by atoms with Crippen molar-refractivity contribution < 1.29 is 38.5 Å². The average Bonchev–Trinajstić information content (AvgIpc) is 2.99. The lowest BCUT2D eigenvalue weighted by atomic mass is 10.1. The van der Waals surface area contributed by atoms with Crippen LogP contribution in [0, 0.1) is 6.92 Å². The van der Waals surface area contributed by atoms with E-state index >= 15 is 0 Å². The number of amides is 4. The number of carboxylic acids is 1. The maximum atomic E-state index is 13.0. The van der Waals surface area contributed by atoms with Crippen molar-refractivity contribution in [2.24, 2.45) is 0 Å². The molecule has 12 nitrogen and oxygen atoms in total. The molecule has 0 radical (unpaired) electrons. The standard InChI is InChI=1S/C31H34N4O8/c1-20-5-3-4-6-23(20)33-31(40)34-24-9-7-21(15-26(24)41-2)17-28(36)32-18-29(37)35(12-11-30(38)39)19-22-8-10-25-27(16-22)43-14-13-42-25/h3-10,15-16H,11-14,17-19H2,1-2H3,(H,32,36)(H,38,39)(H2,33,34,40). The molecule has 12 heteroatoms. The smallest absolute Gasteiger partial charge is 0.323 e. The number of hydrogen-bond acceptors (Lipinski definition) is 7. The highest BCUT2D eigenvalue weighted by molar-refractivity contribution is 6.01. The maximum absolute atomic E-state index is 13.0. The Morgan fingerprint density at radius 3 is 2.37 bits per heavy atom. The summed E-state index contributed by atoms with van der Waals surface area (Å²) in [7, 11) is 1.45. The molecule has 3 aromatic rings. The number of aryl methyl sites for hydroxylation is 1. The number of carboxylic acid groups (broad SMARTS) is 1. The van der Waals surface area contributed by atoms with E-state index in [4.69, 9.17) is 19.3 Å². The van der Waals surface area contributed by atoms with E-state index in [-0.39, 0.29) is 32.5 Å². The van der Waals surface area contributed by atoms with Gasteiger partial charge >= 0.3 is 12.0 Å². The number of urea groups is 1. The minimum atomic E-state index is -1.04. The van der Waals surface area contributed by atoms with Crippen LogP contribution in [0.2, 0.25) is 0 Å². The zero-order valence-electron chi connectivity index (χ0n) is 24.0. The molecule has 1 aliphatic rings. The monoisotopic (exact) mass is 590 g/mol. The number of carbonyl (C=O) groups is 4. The minimum absolute atomic E-state index is 0.0262. The Morgan fingerprint density at radius 1 is 0.907 bits per heavy atom.